The van der Waals surface area contributed by atoms with E-state index in [1.54, 1.807) is 12.1 Å². The Kier molecular flexibility index (Phi) is 4.47. The first-order valence-corrected chi connectivity index (χ1v) is 9.70. The number of rotatable bonds is 4. The summed E-state index contributed by atoms with van der Waals surface area (Å²) in [5, 5.41) is 3.05. The highest BCUT2D eigenvalue weighted by Gasteiger charge is 2.34. The van der Waals surface area contributed by atoms with Crippen LogP contribution in [0, 0.1) is 19.8 Å². The smallest absolute Gasteiger partial charge is 0.243 e. The van der Waals surface area contributed by atoms with E-state index in [1.807, 2.05) is 19.9 Å². The fourth-order valence-electron chi connectivity index (χ4n) is 2.93. The van der Waals surface area contributed by atoms with E-state index in [0.29, 0.717) is 30.8 Å². The Hall–Kier alpha value is -1.40. The predicted molar refractivity (Wildman–Crippen MR) is 88.6 cm³/mol. The number of nitrogens with zero attached hydrogens (tertiary/aromatic N) is 1. The number of piperidine rings is 1. The molecule has 1 aromatic carbocycles. The molecule has 1 saturated heterocycles. The monoisotopic (exact) mass is 336 g/mol. The zero-order chi connectivity index (χ0) is 16.6. The Bertz CT molecular complexity index is 703. The van der Waals surface area contributed by atoms with Crippen molar-refractivity contribution in [2.24, 2.45) is 5.92 Å². The molecule has 1 aliphatic heterocycles. The van der Waals surface area contributed by atoms with Gasteiger partial charge in [-0.25, -0.2) is 8.42 Å². The number of hydrogen-bond donors (Lipinski definition) is 1. The molecule has 1 amide bonds. The lowest BCUT2D eigenvalue weighted by atomic mass is 10.1. The fourth-order valence-corrected chi connectivity index (χ4v) is 4.48. The van der Waals surface area contributed by atoms with Crippen molar-refractivity contribution in [2.45, 2.75) is 50.5 Å². The average Bonchev–Trinajstić information content (AvgIpc) is 3.35. The lowest BCUT2D eigenvalue weighted by Gasteiger charge is -2.31. The molecule has 0 unspecified atom stereocenters. The maximum absolute atomic E-state index is 12.7. The molecule has 1 aliphatic carbocycles. The molecule has 6 heteroatoms. The molecule has 0 aromatic heterocycles. The van der Waals surface area contributed by atoms with Crippen LogP contribution in [0.3, 0.4) is 0 Å². The Balaban J connectivity index is 1.63. The minimum Gasteiger partial charge on any atom is -0.353 e. The predicted octanol–water partition coefficient (Wildman–Crippen LogP) is 1.98. The van der Waals surface area contributed by atoms with Crippen LogP contribution in [-0.2, 0) is 14.8 Å². The molecule has 5 nitrogen and oxygen atoms in total. The Labute approximate surface area is 138 Å². The fraction of sp³-hybridized carbons (Fsp3) is 0.588. The average molecular weight is 336 g/mol. The van der Waals surface area contributed by atoms with Gasteiger partial charge in [-0.15, -0.1) is 0 Å². The number of carbonyl (C=O) groups is 1. The highest BCUT2D eigenvalue weighted by atomic mass is 32.2. The molecule has 1 aromatic rings. The molecule has 3 rings (SSSR count). The standard InChI is InChI=1S/C17H24N2O3S/c1-12-3-6-16(11-13(12)2)23(21,22)19-9-7-15(8-10-19)18-17(20)14-4-5-14/h3,6,11,14-15H,4-5,7-10H2,1-2H3,(H,18,20). The van der Waals surface area contributed by atoms with Gasteiger partial charge in [0, 0.05) is 25.0 Å². The van der Waals surface area contributed by atoms with Crippen LogP contribution in [0.15, 0.2) is 23.1 Å². The number of sulfonamides is 1. The summed E-state index contributed by atoms with van der Waals surface area (Å²) in [7, 11) is -3.44. The summed E-state index contributed by atoms with van der Waals surface area (Å²) >= 11 is 0. The molecule has 1 heterocycles. The summed E-state index contributed by atoms with van der Waals surface area (Å²) in [5.41, 5.74) is 2.07. The van der Waals surface area contributed by atoms with E-state index in [2.05, 4.69) is 5.32 Å². The summed E-state index contributed by atoms with van der Waals surface area (Å²) in [6, 6.07) is 5.38. The van der Waals surface area contributed by atoms with E-state index in [1.165, 1.54) is 4.31 Å². The van der Waals surface area contributed by atoms with Crippen LogP contribution in [0.5, 0.6) is 0 Å². The summed E-state index contributed by atoms with van der Waals surface area (Å²) in [6.45, 7) is 4.82. The van der Waals surface area contributed by atoms with Gasteiger partial charge in [-0.05, 0) is 62.8 Å². The van der Waals surface area contributed by atoms with Crippen molar-refractivity contribution in [2.75, 3.05) is 13.1 Å². The van der Waals surface area contributed by atoms with Crippen molar-refractivity contribution in [1.82, 2.24) is 9.62 Å². The highest BCUT2D eigenvalue weighted by molar-refractivity contribution is 7.89. The third-order valence-electron chi connectivity index (χ3n) is 4.86. The van der Waals surface area contributed by atoms with Gasteiger partial charge in [0.2, 0.25) is 15.9 Å². The molecule has 1 saturated carbocycles. The quantitative estimate of drug-likeness (QED) is 0.914. The second-order valence-electron chi connectivity index (χ2n) is 6.71. The van der Waals surface area contributed by atoms with Crippen molar-refractivity contribution < 1.29 is 13.2 Å². The molecular weight excluding hydrogens is 312 g/mol. The molecule has 0 spiro atoms. The van der Waals surface area contributed by atoms with Crippen molar-refractivity contribution in [3.05, 3.63) is 29.3 Å². The Morgan fingerprint density at radius 2 is 1.74 bits per heavy atom. The van der Waals surface area contributed by atoms with E-state index >= 15 is 0 Å². The van der Waals surface area contributed by atoms with Gasteiger partial charge in [-0.3, -0.25) is 4.79 Å². The second-order valence-corrected chi connectivity index (χ2v) is 8.65. The van der Waals surface area contributed by atoms with Crippen molar-refractivity contribution >= 4 is 15.9 Å². The summed E-state index contributed by atoms with van der Waals surface area (Å²) in [5.74, 6) is 0.341. The zero-order valence-corrected chi connectivity index (χ0v) is 14.5. The molecular formula is C17H24N2O3S. The van der Waals surface area contributed by atoms with Gasteiger partial charge in [0.05, 0.1) is 4.90 Å². The van der Waals surface area contributed by atoms with E-state index in [9.17, 15) is 13.2 Å². The van der Waals surface area contributed by atoms with Crippen LogP contribution < -0.4 is 5.32 Å². The first kappa shape index (κ1) is 16.5. The van der Waals surface area contributed by atoms with Gasteiger partial charge in [0.1, 0.15) is 0 Å². The zero-order valence-electron chi connectivity index (χ0n) is 13.7. The third kappa shape index (κ3) is 3.58. The molecule has 0 bridgehead atoms. The Morgan fingerprint density at radius 3 is 2.30 bits per heavy atom. The first-order chi connectivity index (χ1) is 10.9. The summed E-state index contributed by atoms with van der Waals surface area (Å²) in [6.07, 6.45) is 3.35. The Morgan fingerprint density at radius 1 is 1.09 bits per heavy atom. The molecule has 0 radical (unpaired) electrons. The van der Waals surface area contributed by atoms with Gasteiger partial charge in [0.15, 0.2) is 0 Å². The van der Waals surface area contributed by atoms with Gasteiger partial charge in [-0.1, -0.05) is 6.07 Å². The van der Waals surface area contributed by atoms with E-state index in [-0.39, 0.29) is 17.9 Å². The number of carbonyl (C=O) groups excluding carboxylic acids is 1. The van der Waals surface area contributed by atoms with Gasteiger partial charge in [-0.2, -0.15) is 4.31 Å². The van der Waals surface area contributed by atoms with Crippen molar-refractivity contribution in [3.8, 4) is 0 Å². The maximum Gasteiger partial charge on any atom is 0.243 e. The number of nitrogens with one attached hydrogen (secondary N) is 1. The lowest BCUT2D eigenvalue weighted by molar-refractivity contribution is -0.123. The van der Waals surface area contributed by atoms with Crippen LogP contribution in [0.25, 0.3) is 0 Å². The van der Waals surface area contributed by atoms with Crippen molar-refractivity contribution in [3.63, 3.8) is 0 Å². The summed E-state index contributed by atoms with van der Waals surface area (Å²) < 4.78 is 27.0. The molecule has 2 aliphatic rings. The van der Waals surface area contributed by atoms with Crippen LogP contribution >= 0.6 is 0 Å². The highest BCUT2D eigenvalue weighted by Crippen LogP contribution is 2.29. The molecule has 1 N–H and O–H groups in total. The first-order valence-electron chi connectivity index (χ1n) is 8.25. The molecule has 23 heavy (non-hydrogen) atoms. The molecule has 126 valence electrons. The minimum atomic E-state index is -3.44. The van der Waals surface area contributed by atoms with E-state index in [4.69, 9.17) is 0 Å². The summed E-state index contributed by atoms with van der Waals surface area (Å²) in [4.78, 5) is 12.2. The lowest BCUT2D eigenvalue weighted by Crippen LogP contribution is -2.46. The van der Waals surface area contributed by atoms with E-state index < -0.39 is 10.0 Å². The number of aryl methyl sites for hydroxylation is 2. The number of benzene rings is 1. The topological polar surface area (TPSA) is 66.5 Å². The van der Waals surface area contributed by atoms with Crippen molar-refractivity contribution in [1.29, 1.82) is 0 Å². The third-order valence-corrected chi connectivity index (χ3v) is 6.76. The van der Waals surface area contributed by atoms with Crippen LogP contribution in [-0.4, -0.2) is 37.8 Å². The van der Waals surface area contributed by atoms with Crippen LogP contribution in [0.1, 0.15) is 36.8 Å². The van der Waals surface area contributed by atoms with Gasteiger partial charge >= 0.3 is 0 Å². The largest absolute Gasteiger partial charge is 0.353 e. The molecule has 2 fully saturated rings. The maximum atomic E-state index is 12.7. The van der Waals surface area contributed by atoms with E-state index in [0.717, 1.165) is 24.0 Å². The van der Waals surface area contributed by atoms with Crippen LogP contribution in [0.2, 0.25) is 0 Å². The van der Waals surface area contributed by atoms with Gasteiger partial charge < -0.3 is 5.32 Å². The second kappa shape index (κ2) is 6.24. The normalized spacial score (nSPS) is 20.4. The number of amides is 1. The number of hydrogen-bond acceptors (Lipinski definition) is 3. The molecule has 0 atom stereocenters. The minimum absolute atomic E-state index is 0.106. The van der Waals surface area contributed by atoms with Gasteiger partial charge in [0.25, 0.3) is 0 Å². The SMILES string of the molecule is Cc1ccc(S(=O)(=O)N2CCC(NC(=O)C3CC3)CC2)cc1C. The van der Waals surface area contributed by atoms with Crippen LogP contribution in [0.4, 0.5) is 0 Å².